The zero-order chi connectivity index (χ0) is 18.3. The fourth-order valence-electron chi connectivity index (χ4n) is 3.32. The van der Waals surface area contributed by atoms with E-state index in [1.807, 2.05) is 13.0 Å². The van der Waals surface area contributed by atoms with Crippen LogP contribution in [0.2, 0.25) is 5.02 Å². The lowest BCUT2D eigenvalue weighted by atomic mass is 9.97. The minimum atomic E-state index is -0.280. The van der Waals surface area contributed by atoms with Crippen LogP contribution in [0, 0.1) is 6.92 Å². The van der Waals surface area contributed by atoms with E-state index >= 15 is 0 Å². The molecule has 2 heterocycles. The summed E-state index contributed by atoms with van der Waals surface area (Å²) in [5.41, 5.74) is 2.55. The number of carbonyl (C=O) groups excluding carboxylic acids is 1. The van der Waals surface area contributed by atoms with Crippen LogP contribution in [0.25, 0.3) is 10.2 Å². The quantitative estimate of drug-likeness (QED) is 0.740. The summed E-state index contributed by atoms with van der Waals surface area (Å²) in [6.07, 6.45) is 5.67. The van der Waals surface area contributed by atoms with E-state index in [1.54, 1.807) is 23.5 Å². The van der Waals surface area contributed by atoms with Crippen LogP contribution in [0.1, 0.15) is 28.8 Å². The maximum absolute atomic E-state index is 12.9. The van der Waals surface area contributed by atoms with Gasteiger partial charge in [-0.15, -0.1) is 11.3 Å². The Morgan fingerprint density at radius 2 is 2.15 bits per heavy atom. The average molecular weight is 388 g/mol. The molecule has 2 aromatic heterocycles. The average Bonchev–Trinajstić information content (AvgIpc) is 3.00. The molecule has 5 nitrogen and oxygen atoms in total. The predicted molar refractivity (Wildman–Crippen MR) is 105 cm³/mol. The molecule has 1 aliphatic carbocycles. The van der Waals surface area contributed by atoms with Gasteiger partial charge in [-0.25, -0.2) is 4.98 Å². The highest BCUT2D eigenvalue weighted by molar-refractivity contribution is 7.18. The zero-order valence-electron chi connectivity index (χ0n) is 14.3. The maximum atomic E-state index is 12.9. The summed E-state index contributed by atoms with van der Waals surface area (Å²) in [4.78, 5) is 31.7. The van der Waals surface area contributed by atoms with Crippen LogP contribution in [-0.2, 0) is 24.2 Å². The van der Waals surface area contributed by atoms with E-state index in [2.05, 4.69) is 10.3 Å². The van der Waals surface area contributed by atoms with Crippen molar-refractivity contribution in [2.45, 2.75) is 39.2 Å². The van der Waals surface area contributed by atoms with Gasteiger partial charge < -0.3 is 5.32 Å². The van der Waals surface area contributed by atoms with Gasteiger partial charge in [0.05, 0.1) is 11.7 Å². The molecule has 134 valence electrons. The highest BCUT2D eigenvalue weighted by Gasteiger charge is 2.20. The molecule has 0 unspecified atom stereocenters. The molecule has 0 saturated heterocycles. The van der Waals surface area contributed by atoms with Crippen LogP contribution in [0.3, 0.4) is 0 Å². The number of aromatic nitrogens is 2. The maximum Gasteiger partial charge on any atom is 0.262 e. The van der Waals surface area contributed by atoms with E-state index in [1.165, 1.54) is 15.8 Å². The van der Waals surface area contributed by atoms with Crippen LogP contribution < -0.4 is 10.9 Å². The van der Waals surface area contributed by atoms with Crippen LogP contribution in [-0.4, -0.2) is 15.5 Å². The number of nitrogens with one attached hydrogen (secondary N) is 1. The zero-order valence-corrected chi connectivity index (χ0v) is 15.9. The van der Waals surface area contributed by atoms with Crippen LogP contribution in [0.4, 0.5) is 5.69 Å². The third-order valence-electron chi connectivity index (χ3n) is 4.71. The van der Waals surface area contributed by atoms with Gasteiger partial charge in [-0.2, -0.15) is 0 Å². The molecule has 1 N–H and O–H groups in total. The second kappa shape index (κ2) is 6.85. The number of aryl methyl sites for hydroxylation is 3. The van der Waals surface area contributed by atoms with Crippen LogP contribution >= 0.6 is 22.9 Å². The van der Waals surface area contributed by atoms with Crippen molar-refractivity contribution >= 4 is 44.7 Å². The molecular weight excluding hydrogens is 370 g/mol. The fraction of sp³-hybridized carbons (Fsp3) is 0.316. The van der Waals surface area contributed by atoms with Crippen molar-refractivity contribution in [3.8, 4) is 0 Å². The standard InChI is InChI=1S/C19H18ClN3O2S/c1-11-6-7-12(8-14(11)20)22-16(24)9-23-10-21-18-17(19(23)25)13-4-2-3-5-15(13)26-18/h6-8,10H,2-5,9H2,1H3,(H,22,24). The molecule has 0 saturated carbocycles. The molecule has 4 rings (SSSR count). The number of amides is 1. The van der Waals surface area contributed by atoms with Crippen molar-refractivity contribution in [3.63, 3.8) is 0 Å². The fourth-order valence-corrected chi connectivity index (χ4v) is 4.72. The molecule has 3 aromatic rings. The Morgan fingerprint density at radius 1 is 1.35 bits per heavy atom. The molecule has 0 radical (unpaired) electrons. The largest absolute Gasteiger partial charge is 0.324 e. The van der Waals surface area contributed by atoms with Crippen LogP contribution in [0.5, 0.6) is 0 Å². The highest BCUT2D eigenvalue weighted by Crippen LogP contribution is 2.33. The van der Waals surface area contributed by atoms with Gasteiger partial charge in [-0.05, 0) is 55.9 Å². The molecule has 1 aliphatic rings. The van der Waals surface area contributed by atoms with Gasteiger partial charge >= 0.3 is 0 Å². The summed E-state index contributed by atoms with van der Waals surface area (Å²) >= 11 is 7.69. The monoisotopic (exact) mass is 387 g/mol. The molecule has 7 heteroatoms. The van der Waals surface area contributed by atoms with Crippen molar-refractivity contribution in [1.29, 1.82) is 0 Å². The van der Waals surface area contributed by atoms with Gasteiger partial charge in [0.25, 0.3) is 5.56 Å². The van der Waals surface area contributed by atoms with Crippen LogP contribution in [0.15, 0.2) is 29.3 Å². The van der Waals surface area contributed by atoms with Gasteiger partial charge in [0.1, 0.15) is 11.4 Å². The number of hydrogen-bond donors (Lipinski definition) is 1. The second-order valence-corrected chi connectivity index (χ2v) is 8.07. The third kappa shape index (κ3) is 3.15. The molecule has 0 fully saturated rings. The lowest BCUT2D eigenvalue weighted by Gasteiger charge is -2.11. The number of halogens is 1. The smallest absolute Gasteiger partial charge is 0.262 e. The predicted octanol–water partition coefficient (Wildman–Crippen LogP) is 3.94. The number of fused-ring (bicyclic) bond motifs is 3. The number of rotatable bonds is 3. The molecular formula is C19H18ClN3O2S. The van der Waals surface area contributed by atoms with Crippen molar-refractivity contribution in [1.82, 2.24) is 9.55 Å². The van der Waals surface area contributed by atoms with Crippen molar-refractivity contribution in [2.24, 2.45) is 0 Å². The van der Waals surface area contributed by atoms with Crippen molar-refractivity contribution < 1.29 is 4.79 Å². The van der Waals surface area contributed by atoms with Gasteiger partial charge in [-0.1, -0.05) is 17.7 Å². The second-order valence-electron chi connectivity index (χ2n) is 6.58. The summed E-state index contributed by atoms with van der Waals surface area (Å²) in [5.74, 6) is -0.280. The Bertz CT molecular complexity index is 1070. The lowest BCUT2D eigenvalue weighted by molar-refractivity contribution is -0.116. The Labute approximate surface area is 159 Å². The summed E-state index contributed by atoms with van der Waals surface area (Å²) in [7, 11) is 0. The van der Waals surface area contributed by atoms with E-state index in [0.717, 1.165) is 41.6 Å². The first-order chi connectivity index (χ1) is 12.5. The molecule has 1 aromatic carbocycles. The van der Waals surface area contributed by atoms with E-state index in [-0.39, 0.29) is 18.0 Å². The first-order valence-electron chi connectivity index (χ1n) is 8.58. The van der Waals surface area contributed by atoms with E-state index < -0.39 is 0 Å². The van der Waals surface area contributed by atoms with Crippen molar-refractivity contribution in [3.05, 3.63) is 55.9 Å². The molecule has 0 spiro atoms. The Morgan fingerprint density at radius 3 is 2.96 bits per heavy atom. The normalized spacial score (nSPS) is 13.6. The van der Waals surface area contributed by atoms with Gasteiger partial charge in [-0.3, -0.25) is 14.2 Å². The Hall–Kier alpha value is -2.18. The summed E-state index contributed by atoms with van der Waals surface area (Å²) < 4.78 is 1.38. The van der Waals surface area contributed by atoms with Crippen molar-refractivity contribution in [2.75, 3.05) is 5.32 Å². The number of hydrogen-bond acceptors (Lipinski definition) is 4. The Balaban J connectivity index is 1.60. The topological polar surface area (TPSA) is 64.0 Å². The third-order valence-corrected chi connectivity index (χ3v) is 6.32. The van der Waals surface area contributed by atoms with Gasteiger partial charge in [0, 0.05) is 15.6 Å². The minimum absolute atomic E-state index is 0.0715. The van der Waals surface area contributed by atoms with E-state index in [0.29, 0.717) is 16.1 Å². The number of anilines is 1. The molecule has 0 atom stereocenters. The first-order valence-corrected chi connectivity index (χ1v) is 9.78. The van der Waals surface area contributed by atoms with Gasteiger partial charge in [0.2, 0.25) is 5.91 Å². The minimum Gasteiger partial charge on any atom is -0.324 e. The summed E-state index contributed by atoms with van der Waals surface area (Å²) in [5, 5.41) is 4.07. The SMILES string of the molecule is Cc1ccc(NC(=O)Cn2cnc3sc4c(c3c2=O)CCCC4)cc1Cl. The molecule has 0 bridgehead atoms. The first kappa shape index (κ1) is 17.2. The Kier molecular flexibility index (Phi) is 4.54. The lowest BCUT2D eigenvalue weighted by Crippen LogP contribution is -2.28. The summed E-state index contributed by atoms with van der Waals surface area (Å²) in [6, 6.07) is 5.34. The van der Waals surface area contributed by atoms with E-state index in [9.17, 15) is 9.59 Å². The summed E-state index contributed by atoms with van der Waals surface area (Å²) in [6.45, 7) is 1.83. The highest BCUT2D eigenvalue weighted by atomic mass is 35.5. The number of benzene rings is 1. The van der Waals surface area contributed by atoms with Gasteiger partial charge in [0.15, 0.2) is 0 Å². The molecule has 26 heavy (non-hydrogen) atoms. The molecule has 0 aliphatic heterocycles. The number of carbonyl (C=O) groups is 1. The number of nitrogens with zero attached hydrogens (tertiary/aromatic N) is 2. The number of thiophene rings is 1. The van der Waals surface area contributed by atoms with E-state index in [4.69, 9.17) is 11.6 Å². The molecule has 1 amide bonds.